The van der Waals surface area contributed by atoms with Gasteiger partial charge in [-0.05, 0) is 144 Å². The van der Waals surface area contributed by atoms with Crippen LogP contribution in [0.15, 0.2) is 91.1 Å². The van der Waals surface area contributed by atoms with Gasteiger partial charge in [-0.15, -0.1) is 0 Å². The van der Waals surface area contributed by atoms with Crippen molar-refractivity contribution in [2.24, 2.45) is 0 Å². The Kier molecular flexibility index (Phi) is 17.2. The molecule has 2 amide bonds. The molecule has 4 aliphatic heterocycles. The molecule has 3 aromatic heterocycles. The first-order valence-corrected chi connectivity index (χ1v) is 26.4. The van der Waals surface area contributed by atoms with Crippen molar-refractivity contribution in [1.29, 1.82) is 0 Å². The molecule has 0 spiro atoms. The highest BCUT2D eigenvalue weighted by atomic mass is 16.5. The number of likely N-dealkylation sites (tertiary alicyclic amines) is 4. The normalized spacial score (nSPS) is 18.3. The number of benzene rings is 3. The zero-order valence-corrected chi connectivity index (χ0v) is 41.7. The van der Waals surface area contributed by atoms with E-state index in [2.05, 4.69) is 69.5 Å². The molecule has 4 N–H and O–H groups in total. The summed E-state index contributed by atoms with van der Waals surface area (Å²) < 4.78 is 10.8. The van der Waals surface area contributed by atoms with Gasteiger partial charge in [0.05, 0.1) is 13.7 Å². The number of carbonyl (C=O) groups excluding carboxylic acids is 2. The molecule has 372 valence electrons. The van der Waals surface area contributed by atoms with Crippen LogP contribution in [0.5, 0.6) is 11.6 Å². The number of nitrogens with zero attached hydrogens (tertiary/aromatic N) is 5. The Bertz CT molecular complexity index is 2580. The molecule has 0 saturated carbocycles. The first-order chi connectivity index (χ1) is 34.4. The summed E-state index contributed by atoms with van der Waals surface area (Å²) in [5, 5.41) is 8.63. The number of carbonyl (C=O) groups is 2. The van der Waals surface area contributed by atoms with E-state index in [1.54, 1.807) is 13.3 Å². The zero-order valence-electron chi connectivity index (χ0n) is 41.7. The number of ether oxygens (including phenoxy) is 2. The summed E-state index contributed by atoms with van der Waals surface area (Å²) in [5.41, 5.74) is 7.44. The molecule has 4 saturated heterocycles. The van der Waals surface area contributed by atoms with Gasteiger partial charge in [-0.3, -0.25) is 9.59 Å². The Morgan fingerprint density at radius 3 is 1.46 bits per heavy atom. The lowest BCUT2D eigenvalue weighted by molar-refractivity contribution is 0.0893. The van der Waals surface area contributed by atoms with Gasteiger partial charge in [-0.25, -0.2) is 4.98 Å². The number of hydrogen-bond acceptors (Lipinski definition) is 9. The Morgan fingerprint density at radius 1 is 0.571 bits per heavy atom. The van der Waals surface area contributed by atoms with Gasteiger partial charge in [0, 0.05) is 104 Å². The molecule has 6 aromatic rings. The lowest BCUT2D eigenvalue weighted by Gasteiger charge is -2.34. The lowest BCUT2D eigenvalue weighted by atomic mass is 10.0. The van der Waals surface area contributed by atoms with Crippen LogP contribution in [0.4, 0.5) is 0 Å². The highest BCUT2D eigenvalue weighted by Crippen LogP contribution is 2.32. The third kappa shape index (κ3) is 13.0. The lowest BCUT2D eigenvalue weighted by Crippen LogP contribution is -2.46. The molecule has 0 unspecified atom stereocenters. The van der Waals surface area contributed by atoms with E-state index in [0.717, 1.165) is 115 Å². The van der Waals surface area contributed by atoms with Crippen LogP contribution in [0, 0.1) is 0 Å². The van der Waals surface area contributed by atoms with Crippen molar-refractivity contribution in [1.82, 2.24) is 45.2 Å². The molecule has 4 aliphatic rings. The summed E-state index contributed by atoms with van der Waals surface area (Å²) in [6.07, 6.45) is 15.4. The van der Waals surface area contributed by atoms with E-state index in [-0.39, 0.29) is 23.9 Å². The second-order valence-electron chi connectivity index (χ2n) is 19.8. The van der Waals surface area contributed by atoms with Crippen molar-refractivity contribution in [3.8, 4) is 33.9 Å². The van der Waals surface area contributed by atoms with Crippen LogP contribution < -0.4 is 20.1 Å². The molecule has 13 heteroatoms. The van der Waals surface area contributed by atoms with Crippen LogP contribution in [0.1, 0.15) is 98.5 Å². The van der Waals surface area contributed by atoms with Crippen LogP contribution in [0.2, 0.25) is 0 Å². The third-order valence-electron chi connectivity index (χ3n) is 15.0. The fourth-order valence-corrected chi connectivity index (χ4v) is 10.9. The molecular formula is C57H75N9O4. The number of aromatic nitrogens is 3. The number of pyridine rings is 1. The molecule has 3 aromatic carbocycles. The number of nitrogens with one attached hydrogen (secondary N) is 4. The molecular weight excluding hydrogens is 875 g/mol. The van der Waals surface area contributed by atoms with Crippen LogP contribution in [-0.4, -0.2) is 151 Å². The fourth-order valence-electron chi connectivity index (χ4n) is 10.9. The topological polar surface area (TPSA) is 134 Å². The summed E-state index contributed by atoms with van der Waals surface area (Å²) in [4.78, 5) is 47.5. The summed E-state index contributed by atoms with van der Waals surface area (Å²) >= 11 is 0. The van der Waals surface area contributed by atoms with Crippen LogP contribution in [0.25, 0.3) is 44.1 Å². The van der Waals surface area contributed by atoms with E-state index in [9.17, 15) is 9.59 Å². The number of methoxy groups -OCH3 is 1. The van der Waals surface area contributed by atoms with E-state index >= 15 is 0 Å². The zero-order chi connectivity index (χ0) is 48.1. The molecule has 13 nitrogen and oxygen atoms in total. The van der Waals surface area contributed by atoms with E-state index < -0.39 is 0 Å². The van der Waals surface area contributed by atoms with Crippen molar-refractivity contribution < 1.29 is 19.1 Å². The minimum atomic E-state index is -0.0250. The van der Waals surface area contributed by atoms with Gasteiger partial charge in [0.2, 0.25) is 5.88 Å². The van der Waals surface area contributed by atoms with Crippen LogP contribution in [-0.2, 0) is 0 Å². The second-order valence-corrected chi connectivity index (χ2v) is 19.8. The quantitative estimate of drug-likeness (QED) is 0.0796. The average molecular weight is 950 g/mol. The maximum absolute atomic E-state index is 13.1. The minimum Gasteiger partial charge on any atom is -0.494 e. The summed E-state index contributed by atoms with van der Waals surface area (Å²) in [5.74, 6) is 1.42. The standard InChI is InChI=1S/C29H38N4O2.C28H37N5O2/c1-2-35-24-11-9-22(10-12-24)25-7-6-8-27-26(25)21-28(31-27)29(34)30-23-13-17-33(18-14-23)20-19-32-15-4-3-5-16-32;1-35-27-10-9-21(20-29-27)23-7-6-8-25-24(23)19-26(31-25)28(34)30-22-11-15-33(16-12-22)18-17-32-13-4-2-3-5-14-32/h6-12,21,23,31H,2-5,13-20H2,1H3,(H,30,34);6-10,19-20,22,31H,2-5,11-18H2,1H3,(H,30,34). The first-order valence-electron chi connectivity index (χ1n) is 26.4. The summed E-state index contributed by atoms with van der Waals surface area (Å²) in [7, 11) is 1.61. The van der Waals surface area contributed by atoms with Gasteiger partial charge in [0.1, 0.15) is 17.1 Å². The van der Waals surface area contributed by atoms with Gasteiger partial charge >= 0.3 is 0 Å². The molecule has 0 aliphatic carbocycles. The number of aromatic amines is 2. The van der Waals surface area contributed by atoms with Crippen molar-refractivity contribution >= 4 is 33.6 Å². The van der Waals surface area contributed by atoms with Crippen molar-refractivity contribution in [2.75, 3.05) is 92.3 Å². The highest BCUT2D eigenvalue weighted by Gasteiger charge is 2.25. The largest absolute Gasteiger partial charge is 0.494 e. The molecule has 10 rings (SSSR count). The number of fused-ring (bicyclic) bond motifs is 2. The minimum absolute atomic E-state index is 0.00869. The Balaban J connectivity index is 0.000000174. The SMILES string of the molecule is CCOc1ccc(-c2cccc3[nH]c(C(=O)NC4CCN(CCN5CCCCC5)CC4)cc23)cc1.COc1ccc(-c2cccc3[nH]c(C(=O)NC4CCN(CCN5CCCCCC5)CC4)cc23)cn1. The predicted molar refractivity (Wildman–Crippen MR) is 282 cm³/mol. The number of hydrogen-bond donors (Lipinski definition) is 4. The molecule has 70 heavy (non-hydrogen) atoms. The van der Waals surface area contributed by atoms with Crippen molar-refractivity contribution in [3.05, 3.63) is 103 Å². The van der Waals surface area contributed by atoms with Crippen molar-refractivity contribution in [3.63, 3.8) is 0 Å². The van der Waals surface area contributed by atoms with E-state index in [4.69, 9.17) is 9.47 Å². The second kappa shape index (κ2) is 24.4. The molecule has 0 atom stereocenters. The fraction of sp³-hybridized carbons (Fsp3) is 0.491. The third-order valence-corrected chi connectivity index (χ3v) is 15.0. The van der Waals surface area contributed by atoms with Gasteiger partial charge in [0.15, 0.2) is 0 Å². The number of piperidine rings is 3. The van der Waals surface area contributed by atoms with Gasteiger partial charge < -0.3 is 49.7 Å². The van der Waals surface area contributed by atoms with Gasteiger partial charge in [-0.2, -0.15) is 0 Å². The Labute approximate surface area is 414 Å². The Morgan fingerprint density at radius 2 is 1.01 bits per heavy atom. The maximum Gasteiger partial charge on any atom is 0.267 e. The Hall–Kier alpha value is -5.73. The predicted octanol–water partition coefficient (Wildman–Crippen LogP) is 9.22. The van der Waals surface area contributed by atoms with E-state index in [1.165, 1.54) is 84.2 Å². The maximum atomic E-state index is 13.1. The van der Waals surface area contributed by atoms with Gasteiger partial charge in [-0.1, -0.05) is 55.7 Å². The molecule has 0 bridgehead atoms. The smallest absolute Gasteiger partial charge is 0.267 e. The summed E-state index contributed by atoms with van der Waals surface area (Å²) in [6.45, 7) is 16.6. The van der Waals surface area contributed by atoms with Crippen molar-refractivity contribution in [2.45, 2.75) is 89.6 Å². The number of rotatable bonds is 15. The highest BCUT2D eigenvalue weighted by molar-refractivity contribution is 6.04. The van der Waals surface area contributed by atoms with E-state index in [1.807, 2.05) is 67.6 Å². The number of H-pyrrole nitrogens is 2. The number of amides is 2. The van der Waals surface area contributed by atoms with Gasteiger partial charge in [0.25, 0.3) is 11.8 Å². The molecule has 7 heterocycles. The van der Waals surface area contributed by atoms with Crippen LogP contribution >= 0.6 is 0 Å². The van der Waals surface area contributed by atoms with E-state index in [0.29, 0.717) is 23.9 Å². The average Bonchev–Trinajstić information content (AvgIpc) is 3.97. The molecule has 0 radical (unpaired) electrons. The molecule has 4 fully saturated rings. The van der Waals surface area contributed by atoms with Crippen LogP contribution in [0.3, 0.4) is 0 Å². The summed E-state index contributed by atoms with van der Waals surface area (Å²) in [6, 6.07) is 28.7. The monoisotopic (exact) mass is 950 g/mol. The first kappa shape index (κ1) is 49.3.